The highest BCUT2D eigenvalue weighted by Crippen LogP contribution is 2.26. The molecule has 2 heterocycles. The van der Waals surface area contributed by atoms with Gasteiger partial charge in [-0.25, -0.2) is 8.42 Å². The zero-order valence-corrected chi connectivity index (χ0v) is 10.8. The smallest absolute Gasteiger partial charge is 0.252 e. The minimum atomic E-state index is -3.46. The van der Waals surface area contributed by atoms with Gasteiger partial charge in [-0.15, -0.1) is 11.3 Å². The molecule has 1 aromatic rings. The second-order valence-corrected chi connectivity index (χ2v) is 7.24. The van der Waals surface area contributed by atoms with Crippen LogP contribution in [0.1, 0.15) is 17.7 Å². The van der Waals surface area contributed by atoms with Gasteiger partial charge in [0.15, 0.2) is 0 Å². The summed E-state index contributed by atoms with van der Waals surface area (Å²) < 4.78 is 26.1. The summed E-state index contributed by atoms with van der Waals surface area (Å²) in [5.74, 6) is 0. The second kappa shape index (κ2) is 4.74. The molecule has 0 bridgehead atoms. The van der Waals surface area contributed by atoms with Gasteiger partial charge in [-0.1, -0.05) is 0 Å². The predicted molar refractivity (Wildman–Crippen MR) is 65.0 cm³/mol. The van der Waals surface area contributed by atoms with Crippen LogP contribution >= 0.6 is 11.3 Å². The molecule has 0 spiro atoms. The standard InChI is InChI=1S/C10H13N3O2S2/c11-6-9-3-4-10(16-9)17(14,15)13-5-1-2-8(12)7-13/h3-4,8H,1-2,5,7,12H2. The van der Waals surface area contributed by atoms with E-state index in [4.69, 9.17) is 11.0 Å². The molecule has 1 atom stereocenters. The van der Waals surface area contributed by atoms with Gasteiger partial charge in [-0.05, 0) is 25.0 Å². The van der Waals surface area contributed by atoms with E-state index in [1.807, 2.05) is 6.07 Å². The minimum Gasteiger partial charge on any atom is -0.327 e. The SMILES string of the molecule is N#Cc1ccc(S(=O)(=O)N2CCCC(N)C2)s1. The van der Waals surface area contributed by atoms with E-state index >= 15 is 0 Å². The molecule has 2 rings (SSSR count). The number of sulfonamides is 1. The Bertz CT molecular complexity index is 544. The highest BCUT2D eigenvalue weighted by atomic mass is 32.2. The molecule has 5 nitrogen and oxygen atoms in total. The van der Waals surface area contributed by atoms with Crippen LogP contribution in [0, 0.1) is 11.3 Å². The average molecular weight is 271 g/mol. The summed E-state index contributed by atoms with van der Waals surface area (Å²) in [6.45, 7) is 0.873. The third-order valence-electron chi connectivity index (χ3n) is 2.71. The molecular formula is C10H13N3O2S2. The third-order valence-corrected chi connectivity index (χ3v) is 6.03. The number of nitrogens with zero attached hydrogens (tertiary/aromatic N) is 2. The number of hydrogen-bond acceptors (Lipinski definition) is 5. The molecule has 7 heteroatoms. The van der Waals surface area contributed by atoms with Gasteiger partial charge in [0.1, 0.15) is 15.2 Å². The van der Waals surface area contributed by atoms with Gasteiger partial charge in [0.05, 0.1) is 0 Å². The quantitative estimate of drug-likeness (QED) is 0.859. The Hall–Kier alpha value is -0.940. The zero-order chi connectivity index (χ0) is 12.5. The predicted octanol–water partition coefficient (Wildman–Crippen LogP) is 0.732. The van der Waals surface area contributed by atoms with Crippen LogP contribution in [-0.4, -0.2) is 31.9 Å². The third kappa shape index (κ3) is 2.50. The molecule has 1 aliphatic rings. The van der Waals surface area contributed by atoms with Crippen LogP contribution in [0.15, 0.2) is 16.3 Å². The van der Waals surface area contributed by atoms with E-state index in [0.717, 1.165) is 24.2 Å². The van der Waals surface area contributed by atoms with Crippen molar-refractivity contribution < 1.29 is 8.42 Å². The molecule has 2 N–H and O–H groups in total. The summed E-state index contributed by atoms with van der Waals surface area (Å²) >= 11 is 1.00. The molecule has 0 amide bonds. The van der Waals surface area contributed by atoms with E-state index in [2.05, 4.69) is 0 Å². The summed E-state index contributed by atoms with van der Waals surface area (Å²) in [6.07, 6.45) is 1.65. The largest absolute Gasteiger partial charge is 0.327 e. The van der Waals surface area contributed by atoms with E-state index in [9.17, 15) is 8.42 Å². The van der Waals surface area contributed by atoms with Crippen LogP contribution < -0.4 is 5.73 Å². The van der Waals surface area contributed by atoms with Crippen molar-refractivity contribution in [2.75, 3.05) is 13.1 Å². The summed E-state index contributed by atoms with van der Waals surface area (Å²) in [7, 11) is -3.46. The first kappa shape index (κ1) is 12.5. The van der Waals surface area contributed by atoms with Crippen LogP contribution in [0.5, 0.6) is 0 Å². The first-order valence-corrected chi connectivity index (χ1v) is 7.55. The summed E-state index contributed by atoms with van der Waals surface area (Å²) in [5, 5.41) is 8.70. The van der Waals surface area contributed by atoms with E-state index < -0.39 is 10.0 Å². The van der Waals surface area contributed by atoms with Gasteiger partial charge in [0.2, 0.25) is 0 Å². The fourth-order valence-electron chi connectivity index (χ4n) is 1.84. The zero-order valence-electron chi connectivity index (χ0n) is 9.17. The van der Waals surface area contributed by atoms with Gasteiger partial charge >= 0.3 is 0 Å². The lowest BCUT2D eigenvalue weighted by atomic mass is 10.1. The number of piperidine rings is 1. The topological polar surface area (TPSA) is 87.2 Å². The first-order chi connectivity index (χ1) is 8.04. The van der Waals surface area contributed by atoms with Crippen LogP contribution in [0.25, 0.3) is 0 Å². The molecular weight excluding hydrogens is 258 g/mol. The first-order valence-electron chi connectivity index (χ1n) is 5.29. The van der Waals surface area contributed by atoms with Crippen molar-refractivity contribution in [3.63, 3.8) is 0 Å². The minimum absolute atomic E-state index is 0.0890. The van der Waals surface area contributed by atoms with Crippen molar-refractivity contribution in [2.45, 2.75) is 23.1 Å². The Kier molecular flexibility index (Phi) is 3.49. The van der Waals surface area contributed by atoms with Gasteiger partial charge in [0, 0.05) is 19.1 Å². The van der Waals surface area contributed by atoms with Crippen molar-refractivity contribution >= 4 is 21.4 Å². The number of nitriles is 1. The maximum absolute atomic E-state index is 12.2. The Labute approximate surface area is 105 Å². The molecule has 1 unspecified atom stereocenters. The lowest BCUT2D eigenvalue weighted by Gasteiger charge is -2.29. The maximum atomic E-state index is 12.2. The van der Waals surface area contributed by atoms with Crippen molar-refractivity contribution in [2.24, 2.45) is 5.73 Å². The fraction of sp³-hybridized carbons (Fsp3) is 0.500. The Balaban J connectivity index is 2.27. The van der Waals surface area contributed by atoms with Gasteiger partial charge in [-0.2, -0.15) is 9.57 Å². The second-order valence-electron chi connectivity index (χ2n) is 4.00. The maximum Gasteiger partial charge on any atom is 0.252 e. The van der Waals surface area contributed by atoms with Crippen molar-refractivity contribution in [3.8, 4) is 6.07 Å². The lowest BCUT2D eigenvalue weighted by Crippen LogP contribution is -2.45. The Morgan fingerprint density at radius 3 is 2.88 bits per heavy atom. The number of nitrogens with two attached hydrogens (primary N) is 1. The van der Waals surface area contributed by atoms with Gasteiger partial charge in [0.25, 0.3) is 10.0 Å². The van der Waals surface area contributed by atoms with E-state index in [0.29, 0.717) is 18.0 Å². The van der Waals surface area contributed by atoms with E-state index in [1.54, 1.807) is 0 Å². The molecule has 0 radical (unpaired) electrons. The number of thiophene rings is 1. The molecule has 0 aliphatic carbocycles. The van der Waals surface area contributed by atoms with Crippen molar-refractivity contribution in [1.29, 1.82) is 5.26 Å². The Morgan fingerprint density at radius 2 is 2.29 bits per heavy atom. The van der Waals surface area contributed by atoms with Crippen molar-refractivity contribution in [1.82, 2.24) is 4.31 Å². The lowest BCUT2D eigenvalue weighted by molar-refractivity contribution is 0.316. The van der Waals surface area contributed by atoms with Crippen molar-refractivity contribution in [3.05, 3.63) is 17.0 Å². The van der Waals surface area contributed by atoms with Crippen LogP contribution in [0.3, 0.4) is 0 Å². The molecule has 17 heavy (non-hydrogen) atoms. The van der Waals surface area contributed by atoms with E-state index in [-0.39, 0.29) is 10.3 Å². The van der Waals surface area contributed by atoms with Crippen LogP contribution in [-0.2, 0) is 10.0 Å². The van der Waals surface area contributed by atoms with Crippen LogP contribution in [0.4, 0.5) is 0 Å². The highest BCUT2D eigenvalue weighted by molar-refractivity contribution is 7.91. The molecule has 0 saturated carbocycles. The number of hydrogen-bond donors (Lipinski definition) is 1. The number of rotatable bonds is 2. The molecule has 1 fully saturated rings. The Morgan fingerprint density at radius 1 is 1.53 bits per heavy atom. The normalized spacial score (nSPS) is 22.2. The van der Waals surface area contributed by atoms with E-state index in [1.165, 1.54) is 16.4 Å². The fourth-order valence-corrected chi connectivity index (χ4v) is 4.63. The molecule has 1 aromatic heterocycles. The van der Waals surface area contributed by atoms with Gasteiger partial charge in [-0.3, -0.25) is 0 Å². The monoisotopic (exact) mass is 271 g/mol. The summed E-state index contributed by atoms with van der Waals surface area (Å²) in [4.78, 5) is 0.407. The molecule has 1 saturated heterocycles. The molecule has 0 aromatic carbocycles. The average Bonchev–Trinajstić information content (AvgIpc) is 2.78. The highest BCUT2D eigenvalue weighted by Gasteiger charge is 2.29. The summed E-state index contributed by atoms with van der Waals surface area (Å²) in [5.41, 5.74) is 5.78. The van der Waals surface area contributed by atoms with Gasteiger partial charge < -0.3 is 5.73 Å². The molecule has 92 valence electrons. The summed E-state index contributed by atoms with van der Waals surface area (Å²) in [6, 6.07) is 4.87. The molecule has 1 aliphatic heterocycles. The van der Waals surface area contributed by atoms with Crippen LogP contribution in [0.2, 0.25) is 0 Å².